The van der Waals surface area contributed by atoms with Gasteiger partial charge < -0.3 is 4.74 Å². The molecule has 0 N–H and O–H groups in total. The zero-order valence-electron chi connectivity index (χ0n) is 8.63. The number of ether oxygens (including phenoxy) is 1. The largest absolute Gasteiger partial charge is 0.445 e. The van der Waals surface area contributed by atoms with Crippen LogP contribution in [0.25, 0.3) is 0 Å². The molecule has 0 spiro atoms. The predicted molar refractivity (Wildman–Crippen MR) is 58.2 cm³/mol. The van der Waals surface area contributed by atoms with Crippen molar-refractivity contribution in [3.05, 3.63) is 0 Å². The molecule has 1 unspecified atom stereocenters. The summed E-state index contributed by atoms with van der Waals surface area (Å²) >= 11 is 10.4. The first-order chi connectivity index (χ1) is 6.57. The number of carbonyl (C=O) groups excluding carboxylic acids is 1. The maximum Gasteiger partial charge on any atom is 0.440 e. The minimum atomic E-state index is -0.712. The molecular formula is C9H17Cl2NO2. The second-order valence-corrected chi connectivity index (χ2v) is 4.13. The van der Waals surface area contributed by atoms with Gasteiger partial charge in [-0.3, -0.25) is 0 Å². The van der Waals surface area contributed by atoms with E-state index < -0.39 is 6.09 Å². The Morgan fingerprint density at radius 3 is 2.50 bits per heavy atom. The van der Waals surface area contributed by atoms with Crippen molar-refractivity contribution >= 4 is 29.6 Å². The van der Waals surface area contributed by atoms with Crippen LogP contribution >= 0.6 is 23.6 Å². The van der Waals surface area contributed by atoms with E-state index in [0.717, 1.165) is 12.8 Å². The molecule has 5 heteroatoms. The number of amides is 1. The molecule has 1 amide bonds. The summed E-state index contributed by atoms with van der Waals surface area (Å²) in [6.07, 6.45) is 4.67. The van der Waals surface area contributed by atoms with E-state index in [1.54, 1.807) is 0 Å². The summed E-state index contributed by atoms with van der Waals surface area (Å²) in [5.41, 5.74) is 0. The second kappa shape index (κ2) is 8.18. The number of rotatable bonds is 6. The van der Waals surface area contributed by atoms with Gasteiger partial charge in [0, 0.05) is 23.6 Å². The highest BCUT2D eigenvalue weighted by atomic mass is 35.5. The summed E-state index contributed by atoms with van der Waals surface area (Å²) in [5, 5.41) is 0. The lowest BCUT2D eigenvalue weighted by Crippen LogP contribution is -2.19. The maximum atomic E-state index is 10.9. The molecule has 0 aliphatic carbocycles. The van der Waals surface area contributed by atoms with E-state index in [2.05, 4.69) is 6.92 Å². The van der Waals surface area contributed by atoms with Gasteiger partial charge in [0.1, 0.15) is 6.10 Å². The minimum absolute atomic E-state index is 0.126. The van der Waals surface area contributed by atoms with Crippen molar-refractivity contribution in [1.82, 2.24) is 3.94 Å². The lowest BCUT2D eigenvalue weighted by atomic mass is 10.1. The Morgan fingerprint density at radius 1 is 1.36 bits per heavy atom. The summed E-state index contributed by atoms with van der Waals surface area (Å²) in [6, 6.07) is 0. The lowest BCUT2D eigenvalue weighted by molar-refractivity contribution is 0.0951. The first-order valence-electron chi connectivity index (χ1n) is 4.90. The minimum Gasteiger partial charge on any atom is -0.445 e. The molecule has 0 rings (SSSR count). The average Bonchev–Trinajstić information content (AvgIpc) is 2.12. The molecule has 84 valence electrons. The summed E-state index contributed by atoms with van der Waals surface area (Å²) in [4.78, 5) is 10.9. The highest BCUT2D eigenvalue weighted by Gasteiger charge is 2.13. The van der Waals surface area contributed by atoms with Crippen molar-refractivity contribution in [1.29, 1.82) is 0 Å². The molecule has 0 fully saturated rings. The van der Waals surface area contributed by atoms with Crippen LogP contribution < -0.4 is 0 Å². The third kappa shape index (κ3) is 7.27. The molecule has 0 aromatic rings. The molecule has 0 aliphatic heterocycles. The van der Waals surface area contributed by atoms with Crippen LogP contribution in [0.1, 0.15) is 46.0 Å². The Hall–Kier alpha value is -0.150. The first-order valence-corrected chi connectivity index (χ1v) is 5.57. The molecule has 0 radical (unpaired) electrons. The van der Waals surface area contributed by atoms with Crippen LogP contribution in [0.4, 0.5) is 4.79 Å². The highest BCUT2D eigenvalue weighted by Crippen LogP contribution is 2.11. The number of carbonyl (C=O) groups is 1. The maximum absolute atomic E-state index is 10.9. The van der Waals surface area contributed by atoms with Gasteiger partial charge in [-0.25, -0.2) is 4.79 Å². The third-order valence-electron chi connectivity index (χ3n) is 1.90. The fraction of sp³-hybridized carbons (Fsp3) is 0.889. The molecule has 0 heterocycles. The fourth-order valence-electron chi connectivity index (χ4n) is 1.13. The van der Waals surface area contributed by atoms with Crippen molar-refractivity contribution in [2.45, 2.75) is 52.1 Å². The van der Waals surface area contributed by atoms with Crippen molar-refractivity contribution in [3.63, 3.8) is 0 Å². The van der Waals surface area contributed by atoms with Crippen LogP contribution in [-0.4, -0.2) is 16.1 Å². The number of unbranched alkanes of at least 4 members (excludes halogenated alkanes) is 3. The van der Waals surface area contributed by atoms with Crippen molar-refractivity contribution in [2.75, 3.05) is 0 Å². The van der Waals surface area contributed by atoms with Gasteiger partial charge in [-0.1, -0.05) is 26.2 Å². The molecule has 1 atom stereocenters. The Morgan fingerprint density at radius 2 is 2.00 bits per heavy atom. The average molecular weight is 242 g/mol. The van der Waals surface area contributed by atoms with Gasteiger partial charge in [-0.15, -0.1) is 3.94 Å². The highest BCUT2D eigenvalue weighted by molar-refractivity contribution is 6.40. The molecule has 0 bridgehead atoms. The molecular weight excluding hydrogens is 225 g/mol. The second-order valence-electron chi connectivity index (χ2n) is 3.28. The van der Waals surface area contributed by atoms with Gasteiger partial charge in [0.25, 0.3) is 0 Å². The van der Waals surface area contributed by atoms with Crippen LogP contribution in [0, 0.1) is 0 Å². The fourth-order valence-corrected chi connectivity index (χ4v) is 1.21. The normalized spacial score (nSPS) is 12.3. The first kappa shape index (κ1) is 13.8. The van der Waals surface area contributed by atoms with Gasteiger partial charge in [-0.2, -0.15) is 0 Å². The molecule has 14 heavy (non-hydrogen) atoms. The monoisotopic (exact) mass is 241 g/mol. The number of nitrogens with zero attached hydrogens (tertiary/aromatic N) is 1. The Labute approximate surface area is 95.5 Å². The van der Waals surface area contributed by atoms with E-state index in [0.29, 0.717) is 3.94 Å². The van der Waals surface area contributed by atoms with Crippen LogP contribution in [0.2, 0.25) is 0 Å². The molecule has 3 nitrogen and oxygen atoms in total. The van der Waals surface area contributed by atoms with Crippen LogP contribution in [0.15, 0.2) is 0 Å². The van der Waals surface area contributed by atoms with E-state index in [4.69, 9.17) is 28.3 Å². The Kier molecular flexibility index (Phi) is 8.09. The Balaban J connectivity index is 3.45. The van der Waals surface area contributed by atoms with Gasteiger partial charge >= 0.3 is 6.09 Å². The summed E-state index contributed by atoms with van der Waals surface area (Å²) in [7, 11) is 0. The third-order valence-corrected chi connectivity index (χ3v) is 2.18. The van der Waals surface area contributed by atoms with Crippen LogP contribution in [-0.2, 0) is 4.74 Å². The quantitative estimate of drug-likeness (QED) is 0.518. The summed E-state index contributed by atoms with van der Waals surface area (Å²) < 4.78 is 5.32. The van der Waals surface area contributed by atoms with Crippen molar-refractivity contribution in [3.8, 4) is 0 Å². The van der Waals surface area contributed by atoms with E-state index in [1.165, 1.54) is 19.3 Å². The zero-order valence-corrected chi connectivity index (χ0v) is 10.1. The van der Waals surface area contributed by atoms with Crippen molar-refractivity contribution in [2.24, 2.45) is 0 Å². The Bertz CT molecular complexity index is 165. The van der Waals surface area contributed by atoms with Gasteiger partial charge in [-0.05, 0) is 19.8 Å². The molecule has 0 aromatic heterocycles. The number of hydrogen-bond donors (Lipinski definition) is 0. The SMILES string of the molecule is CCCCCCC(C)OC(=O)N(Cl)Cl. The number of halogens is 2. The van der Waals surface area contributed by atoms with Crippen LogP contribution in [0.5, 0.6) is 0 Å². The van der Waals surface area contributed by atoms with Crippen molar-refractivity contribution < 1.29 is 9.53 Å². The van der Waals surface area contributed by atoms with E-state index in [-0.39, 0.29) is 6.10 Å². The van der Waals surface area contributed by atoms with Crippen LogP contribution in [0.3, 0.4) is 0 Å². The molecule has 0 saturated carbocycles. The van der Waals surface area contributed by atoms with E-state index in [9.17, 15) is 4.79 Å². The van der Waals surface area contributed by atoms with Gasteiger partial charge in [0.15, 0.2) is 0 Å². The van der Waals surface area contributed by atoms with Gasteiger partial charge in [0.05, 0.1) is 0 Å². The zero-order chi connectivity index (χ0) is 11.0. The topological polar surface area (TPSA) is 29.5 Å². The summed E-state index contributed by atoms with van der Waals surface area (Å²) in [5.74, 6) is 0. The predicted octanol–water partition coefficient (Wildman–Crippen LogP) is 4.09. The lowest BCUT2D eigenvalue weighted by Gasteiger charge is -2.13. The smallest absolute Gasteiger partial charge is 0.440 e. The molecule has 0 aliphatic rings. The standard InChI is InChI=1S/C9H17Cl2NO2/c1-3-4-5-6-7-8(2)14-9(13)12(10)11/h8H,3-7H2,1-2H3. The number of hydrogen-bond acceptors (Lipinski definition) is 2. The van der Waals surface area contributed by atoms with Gasteiger partial charge in [0.2, 0.25) is 0 Å². The molecule has 0 aromatic carbocycles. The molecule has 0 saturated heterocycles. The summed E-state index contributed by atoms with van der Waals surface area (Å²) in [6.45, 7) is 3.99. The van der Waals surface area contributed by atoms with E-state index >= 15 is 0 Å². The van der Waals surface area contributed by atoms with E-state index in [1.807, 2.05) is 6.92 Å².